The smallest absolute Gasteiger partial charge is 0.201 e. The standard InChI is InChI=1S/C30H24O6/c31-17-23-15-25(22-11-13-24(14-12-22)34-18-20-7-3-1-4-8-20)36-26-16-27(29(32)30(33)28(23)26)35-19-21-9-5-2-6-10-21/h1-17,23,32-33H,18-19H2. The quantitative estimate of drug-likeness (QED) is 0.239. The summed E-state index contributed by atoms with van der Waals surface area (Å²) in [5.74, 6) is -0.215. The van der Waals surface area contributed by atoms with E-state index in [-0.39, 0.29) is 23.7 Å². The number of benzene rings is 4. The van der Waals surface area contributed by atoms with Gasteiger partial charge in [-0.2, -0.15) is 0 Å². The summed E-state index contributed by atoms with van der Waals surface area (Å²) in [4.78, 5) is 11.9. The van der Waals surface area contributed by atoms with Crippen LogP contribution in [0.25, 0.3) is 5.76 Å². The van der Waals surface area contributed by atoms with E-state index in [1.807, 2.05) is 84.9 Å². The number of ether oxygens (including phenoxy) is 3. The van der Waals surface area contributed by atoms with Crippen molar-refractivity contribution < 1.29 is 29.2 Å². The molecule has 0 amide bonds. The highest BCUT2D eigenvalue weighted by Crippen LogP contribution is 2.50. The summed E-state index contributed by atoms with van der Waals surface area (Å²) in [7, 11) is 0. The molecule has 0 spiro atoms. The molecular weight excluding hydrogens is 456 g/mol. The molecule has 1 heterocycles. The van der Waals surface area contributed by atoms with E-state index in [9.17, 15) is 15.0 Å². The van der Waals surface area contributed by atoms with Crippen LogP contribution in [0.1, 0.15) is 28.2 Å². The van der Waals surface area contributed by atoms with Gasteiger partial charge in [0.1, 0.15) is 36.8 Å². The average Bonchev–Trinajstić information content (AvgIpc) is 2.93. The van der Waals surface area contributed by atoms with Crippen molar-refractivity contribution in [1.29, 1.82) is 0 Å². The Balaban J connectivity index is 1.36. The van der Waals surface area contributed by atoms with Gasteiger partial charge in [0.2, 0.25) is 5.75 Å². The minimum Gasteiger partial charge on any atom is -0.504 e. The van der Waals surface area contributed by atoms with Crippen molar-refractivity contribution in [2.75, 3.05) is 0 Å². The Morgan fingerprint density at radius 2 is 1.39 bits per heavy atom. The summed E-state index contributed by atoms with van der Waals surface area (Å²) >= 11 is 0. The second-order valence-corrected chi connectivity index (χ2v) is 8.35. The van der Waals surface area contributed by atoms with Crippen molar-refractivity contribution in [1.82, 2.24) is 0 Å². The number of carbonyl (C=O) groups is 1. The molecule has 0 saturated carbocycles. The van der Waals surface area contributed by atoms with Crippen LogP contribution in [0.5, 0.6) is 28.7 Å². The van der Waals surface area contributed by atoms with Crippen LogP contribution < -0.4 is 14.2 Å². The van der Waals surface area contributed by atoms with Crippen molar-refractivity contribution in [3.05, 3.63) is 119 Å². The SMILES string of the molecule is O=CC1C=C(c2ccc(OCc3ccccc3)cc2)Oc2cc(OCc3ccccc3)c(O)c(O)c21. The van der Waals surface area contributed by atoms with E-state index in [0.717, 1.165) is 16.7 Å². The first kappa shape index (κ1) is 23.1. The molecule has 6 nitrogen and oxygen atoms in total. The molecule has 6 heteroatoms. The second-order valence-electron chi connectivity index (χ2n) is 8.35. The van der Waals surface area contributed by atoms with Crippen molar-refractivity contribution in [2.24, 2.45) is 0 Å². The third kappa shape index (κ3) is 4.88. The lowest BCUT2D eigenvalue weighted by Crippen LogP contribution is -2.11. The number of phenolic OH excluding ortho intramolecular Hbond substituents is 2. The molecule has 1 unspecified atom stereocenters. The Morgan fingerprint density at radius 1 is 0.778 bits per heavy atom. The number of carbonyl (C=O) groups excluding carboxylic acids is 1. The average molecular weight is 481 g/mol. The van der Waals surface area contributed by atoms with E-state index in [1.165, 1.54) is 6.07 Å². The van der Waals surface area contributed by atoms with Crippen LogP contribution in [0.4, 0.5) is 0 Å². The molecule has 0 bridgehead atoms. The summed E-state index contributed by atoms with van der Waals surface area (Å²) in [6, 6.07) is 28.2. The number of aromatic hydroxyl groups is 2. The molecule has 1 aliphatic heterocycles. The largest absolute Gasteiger partial charge is 0.504 e. The normalized spacial score (nSPS) is 14.2. The monoisotopic (exact) mass is 480 g/mol. The first-order valence-corrected chi connectivity index (χ1v) is 11.5. The lowest BCUT2D eigenvalue weighted by molar-refractivity contribution is -0.108. The van der Waals surface area contributed by atoms with E-state index < -0.39 is 17.4 Å². The van der Waals surface area contributed by atoms with Gasteiger partial charge in [0, 0.05) is 11.6 Å². The van der Waals surface area contributed by atoms with E-state index in [4.69, 9.17) is 14.2 Å². The molecule has 0 radical (unpaired) electrons. The molecule has 1 atom stereocenters. The maximum Gasteiger partial charge on any atom is 0.201 e. The Labute approximate surface area is 208 Å². The second kappa shape index (κ2) is 10.3. The Hall–Kier alpha value is -4.71. The predicted molar refractivity (Wildman–Crippen MR) is 135 cm³/mol. The predicted octanol–water partition coefficient (Wildman–Crippen LogP) is 5.97. The molecule has 4 aromatic carbocycles. The van der Waals surface area contributed by atoms with Crippen molar-refractivity contribution in [2.45, 2.75) is 19.1 Å². The number of allylic oxidation sites excluding steroid dienone is 1. The zero-order valence-electron chi connectivity index (χ0n) is 19.3. The van der Waals surface area contributed by atoms with Gasteiger partial charge in [-0.15, -0.1) is 0 Å². The van der Waals surface area contributed by atoms with Gasteiger partial charge in [-0.1, -0.05) is 60.7 Å². The Morgan fingerprint density at radius 3 is 2.00 bits per heavy atom. The van der Waals surface area contributed by atoms with Gasteiger partial charge < -0.3 is 29.2 Å². The summed E-state index contributed by atoms with van der Waals surface area (Å²) < 4.78 is 17.6. The number of phenols is 2. The fourth-order valence-corrected chi connectivity index (χ4v) is 4.00. The molecule has 0 saturated heterocycles. The van der Waals surface area contributed by atoms with Crippen LogP contribution in [0, 0.1) is 0 Å². The zero-order chi connectivity index (χ0) is 24.9. The lowest BCUT2D eigenvalue weighted by Gasteiger charge is -2.24. The zero-order valence-corrected chi connectivity index (χ0v) is 19.3. The topological polar surface area (TPSA) is 85.2 Å². The van der Waals surface area contributed by atoms with E-state index in [1.54, 1.807) is 6.08 Å². The van der Waals surface area contributed by atoms with Gasteiger partial charge in [-0.3, -0.25) is 0 Å². The number of hydrogen-bond donors (Lipinski definition) is 2. The van der Waals surface area contributed by atoms with Gasteiger partial charge in [0.25, 0.3) is 0 Å². The van der Waals surface area contributed by atoms with Gasteiger partial charge in [-0.25, -0.2) is 0 Å². The van der Waals surface area contributed by atoms with Crippen LogP contribution in [-0.4, -0.2) is 16.5 Å². The third-order valence-corrected chi connectivity index (χ3v) is 5.90. The maximum atomic E-state index is 11.9. The van der Waals surface area contributed by atoms with Crippen LogP contribution in [0.2, 0.25) is 0 Å². The van der Waals surface area contributed by atoms with Crippen LogP contribution in [0.3, 0.4) is 0 Å². The highest BCUT2D eigenvalue weighted by molar-refractivity contribution is 5.80. The number of rotatable bonds is 8. The van der Waals surface area contributed by atoms with Crippen molar-refractivity contribution in [3.63, 3.8) is 0 Å². The van der Waals surface area contributed by atoms with Gasteiger partial charge in [0.15, 0.2) is 11.5 Å². The van der Waals surface area contributed by atoms with Gasteiger partial charge in [0.05, 0.1) is 11.5 Å². The minimum absolute atomic E-state index is 0.0608. The van der Waals surface area contributed by atoms with E-state index in [0.29, 0.717) is 24.4 Å². The Kier molecular flexibility index (Phi) is 6.58. The molecule has 4 aromatic rings. The maximum absolute atomic E-state index is 11.9. The van der Waals surface area contributed by atoms with Crippen LogP contribution >= 0.6 is 0 Å². The fourth-order valence-electron chi connectivity index (χ4n) is 4.00. The molecule has 0 fully saturated rings. The number of fused-ring (bicyclic) bond motifs is 1. The number of hydrogen-bond acceptors (Lipinski definition) is 6. The van der Waals surface area contributed by atoms with Gasteiger partial charge in [-0.05, 0) is 41.5 Å². The fraction of sp³-hybridized carbons (Fsp3) is 0.100. The summed E-state index contributed by atoms with van der Waals surface area (Å²) in [6.07, 6.45) is 2.31. The molecular formula is C30H24O6. The summed E-state index contributed by atoms with van der Waals surface area (Å²) in [5, 5.41) is 21.2. The van der Waals surface area contributed by atoms with Crippen LogP contribution in [-0.2, 0) is 18.0 Å². The first-order chi connectivity index (χ1) is 17.6. The van der Waals surface area contributed by atoms with Gasteiger partial charge >= 0.3 is 0 Å². The lowest BCUT2D eigenvalue weighted by atomic mass is 9.93. The molecule has 5 rings (SSSR count). The summed E-state index contributed by atoms with van der Waals surface area (Å²) in [6.45, 7) is 0.644. The van der Waals surface area contributed by atoms with E-state index in [2.05, 4.69) is 0 Å². The van der Waals surface area contributed by atoms with Crippen LogP contribution in [0.15, 0.2) is 97.1 Å². The molecule has 36 heavy (non-hydrogen) atoms. The molecule has 0 aliphatic carbocycles. The molecule has 0 aromatic heterocycles. The van der Waals surface area contributed by atoms with Crippen molar-refractivity contribution in [3.8, 4) is 28.7 Å². The van der Waals surface area contributed by atoms with Crippen molar-refractivity contribution >= 4 is 12.0 Å². The summed E-state index contributed by atoms with van der Waals surface area (Å²) in [5.41, 5.74) is 2.90. The highest BCUT2D eigenvalue weighted by Gasteiger charge is 2.30. The molecule has 1 aliphatic rings. The minimum atomic E-state index is -0.799. The highest BCUT2D eigenvalue weighted by atomic mass is 16.5. The first-order valence-electron chi connectivity index (χ1n) is 11.5. The third-order valence-electron chi connectivity index (χ3n) is 5.90. The Bertz CT molecular complexity index is 1380. The van der Waals surface area contributed by atoms with E-state index >= 15 is 0 Å². The number of aldehydes is 1. The molecule has 180 valence electrons. The molecule has 2 N–H and O–H groups in total.